The molecule has 8 nitrogen and oxygen atoms in total. The molecule has 0 unspecified atom stereocenters. The molecule has 0 atom stereocenters. The summed E-state index contributed by atoms with van der Waals surface area (Å²) in [4.78, 5) is 28.8. The molecule has 0 fully saturated rings. The zero-order valence-corrected chi connectivity index (χ0v) is 9.93. The molecule has 2 aromatic heterocycles. The lowest BCUT2D eigenvalue weighted by molar-refractivity contribution is 0.0594. The van der Waals surface area contributed by atoms with Gasteiger partial charge in [-0.25, -0.2) is 14.5 Å². The molecule has 94 valence electrons. The van der Waals surface area contributed by atoms with Crippen molar-refractivity contribution in [2.24, 2.45) is 0 Å². The number of nitrogen functional groups attached to an aromatic ring is 1. The van der Waals surface area contributed by atoms with Crippen molar-refractivity contribution in [2.75, 3.05) is 12.8 Å². The minimum Gasteiger partial charge on any atom is -0.464 e. The van der Waals surface area contributed by atoms with E-state index < -0.39 is 11.5 Å². The first-order valence-corrected chi connectivity index (χ1v) is 5.09. The van der Waals surface area contributed by atoms with Crippen LogP contribution < -0.4 is 11.3 Å². The monoisotopic (exact) mass is 269 g/mol. The zero-order chi connectivity index (χ0) is 13.3. The van der Waals surface area contributed by atoms with E-state index in [0.717, 1.165) is 4.68 Å². The molecule has 0 spiro atoms. The topological polar surface area (TPSA) is 116 Å². The first-order chi connectivity index (χ1) is 8.54. The number of aromatic nitrogens is 4. The maximum atomic E-state index is 11.3. The maximum absolute atomic E-state index is 11.3. The van der Waals surface area contributed by atoms with E-state index in [1.807, 2.05) is 0 Å². The molecule has 2 aromatic rings. The molecule has 9 heteroatoms. The van der Waals surface area contributed by atoms with Crippen LogP contribution in [-0.4, -0.2) is 32.8 Å². The average molecular weight is 270 g/mol. The second kappa shape index (κ2) is 4.49. The van der Waals surface area contributed by atoms with E-state index in [1.54, 1.807) is 0 Å². The number of aromatic amines is 1. The van der Waals surface area contributed by atoms with Crippen LogP contribution >= 0.6 is 11.6 Å². The molecule has 0 aliphatic carbocycles. The highest BCUT2D eigenvalue weighted by Crippen LogP contribution is 2.16. The Hall–Kier alpha value is -2.35. The lowest BCUT2D eigenvalue weighted by atomic mass is 10.4. The van der Waals surface area contributed by atoms with Gasteiger partial charge in [-0.3, -0.25) is 4.79 Å². The number of nitrogens with zero attached hydrogens (tertiary/aromatic N) is 3. The number of ether oxygens (including phenoxy) is 1. The Morgan fingerprint density at radius 1 is 1.61 bits per heavy atom. The van der Waals surface area contributed by atoms with Gasteiger partial charge in [0, 0.05) is 0 Å². The predicted octanol–water partition coefficient (Wildman–Crippen LogP) is -0.0222. The second-order valence-electron chi connectivity index (χ2n) is 3.24. The lowest BCUT2D eigenvalue weighted by Gasteiger charge is -2.00. The lowest BCUT2D eigenvalue weighted by Crippen LogP contribution is -2.12. The number of H-pyrrole nitrogens is 1. The minimum absolute atomic E-state index is 0.0715. The predicted molar refractivity (Wildman–Crippen MR) is 62.7 cm³/mol. The van der Waals surface area contributed by atoms with Crippen molar-refractivity contribution < 1.29 is 9.53 Å². The van der Waals surface area contributed by atoms with Crippen LogP contribution in [0.2, 0.25) is 5.02 Å². The average Bonchev–Trinajstić information content (AvgIpc) is 2.73. The maximum Gasteiger partial charge on any atom is 0.360 e. The number of esters is 1. The van der Waals surface area contributed by atoms with Gasteiger partial charge in [0.2, 0.25) is 0 Å². The second-order valence-corrected chi connectivity index (χ2v) is 3.62. The quantitative estimate of drug-likeness (QED) is 0.740. The largest absolute Gasteiger partial charge is 0.464 e. The highest BCUT2D eigenvalue weighted by Gasteiger charge is 2.18. The molecule has 0 aromatic carbocycles. The van der Waals surface area contributed by atoms with Gasteiger partial charge in [-0.05, 0) is 0 Å². The van der Waals surface area contributed by atoms with Gasteiger partial charge < -0.3 is 15.5 Å². The van der Waals surface area contributed by atoms with E-state index in [2.05, 4.69) is 19.8 Å². The SMILES string of the molecule is COC(=O)c1nn(-c2nc[nH]c(=O)c2Cl)cc1N. The van der Waals surface area contributed by atoms with Gasteiger partial charge in [-0.15, -0.1) is 0 Å². The molecule has 0 aliphatic heterocycles. The van der Waals surface area contributed by atoms with Crippen LogP contribution in [0.1, 0.15) is 10.5 Å². The first-order valence-electron chi connectivity index (χ1n) is 4.71. The third kappa shape index (κ3) is 1.93. The number of anilines is 1. The summed E-state index contributed by atoms with van der Waals surface area (Å²) >= 11 is 5.78. The van der Waals surface area contributed by atoms with Crippen molar-refractivity contribution >= 4 is 23.3 Å². The van der Waals surface area contributed by atoms with Crippen molar-refractivity contribution in [2.45, 2.75) is 0 Å². The Bertz CT molecular complexity index is 662. The van der Waals surface area contributed by atoms with Gasteiger partial charge in [-0.2, -0.15) is 5.10 Å². The molecule has 0 aliphatic rings. The van der Waals surface area contributed by atoms with E-state index >= 15 is 0 Å². The Balaban J connectivity index is 2.56. The molecule has 0 saturated carbocycles. The van der Waals surface area contributed by atoms with Crippen LogP contribution in [0.3, 0.4) is 0 Å². The van der Waals surface area contributed by atoms with Crippen molar-refractivity contribution in [3.8, 4) is 5.82 Å². The fourth-order valence-electron chi connectivity index (χ4n) is 1.28. The third-order valence-corrected chi connectivity index (χ3v) is 2.46. The summed E-state index contributed by atoms with van der Waals surface area (Å²) in [6.07, 6.45) is 2.49. The molecule has 0 bridgehead atoms. The fourth-order valence-corrected chi connectivity index (χ4v) is 1.47. The van der Waals surface area contributed by atoms with Gasteiger partial charge in [0.15, 0.2) is 16.5 Å². The minimum atomic E-state index is -0.688. The van der Waals surface area contributed by atoms with Crippen molar-refractivity contribution in [1.82, 2.24) is 19.7 Å². The number of carbonyl (C=O) groups is 1. The van der Waals surface area contributed by atoms with E-state index in [1.165, 1.54) is 19.6 Å². The van der Waals surface area contributed by atoms with Crippen molar-refractivity contribution in [3.63, 3.8) is 0 Å². The highest BCUT2D eigenvalue weighted by molar-refractivity contribution is 6.31. The smallest absolute Gasteiger partial charge is 0.360 e. The molecule has 0 amide bonds. The molecular weight excluding hydrogens is 262 g/mol. The highest BCUT2D eigenvalue weighted by atomic mass is 35.5. The molecule has 2 rings (SSSR count). The van der Waals surface area contributed by atoms with E-state index in [4.69, 9.17) is 17.3 Å². The van der Waals surface area contributed by atoms with Crippen molar-refractivity contribution in [1.29, 1.82) is 0 Å². The van der Waals surface area contributed by atoms with Crippen LogP contribution in [0.5, 0.6) is 0 Å². The Morgan fingerprint density at radius 2 is 2.33 bits per heavy atom. The number of rotatable bonds is 2. The van der Waals surface area contributed by atoms with Crippen LogP contribution in [0.25, 0.3) is 5.82 Å². The summed E-state index contributed by atoms with van der Waals surface area (Å²) in [5, 5.41) is 3.71. The van der Waals surface area contributed by atoms with Crippen LogP contribution in [0, 0.1) is 0 Å². The molecular formula is C9H8ClN5O3. The van der Waals surface area contributed by atoms with E-state index in [9.17, 15) is 9.59 Å². The standard InChI is InChI=1S/C9H8ClN5O3/c1-18-9(17)6-4(11)2-15(14-6)7-5(10)8(16)13-3-12-7/h2-3H,11H2,1H3,(H,12,13,16). The molecule has 0 saturated heterocycles. The number of nitrogens with one attached hydrogen (secondary N) is 1. The summed E-state index contributed by atoms with van der Waals surface area (Å²) in [7, 11) is 1.21. The Morgan fingerprint density at radius 3 is 3.00 bits per heavy atom. The number of hydrogen-bond acceptors (Lipinski definition) is 6. The van der Waals surface area contributed by atoms with Gasteiger partial charge in [0.05, 0.1) is 25.3 Å². The van der Waals surface area contributed by atoms with Gasteiger partial charge in [0.25, 0.3) is 5.56 Å². The summed E-state index contributed by atoms with van der Waals surface area (Å²) in [6, 6.07) is 0. The Kier molecular flexibility index (Phi) is 3.02. The number of carbonyl (C=O) groups excluding carboxylic acids is 1. The summed E-state index contributed by atoms with van der Waals surface area (Å²) < 4.78 is 5.64. The molecule has 18 heavy (non-hydrogen) atoms. The fraction of sp³-hybridized carbons (Fsp3) is 0.111. The third-order valence-electron chi connectivity index (χ3n) is 2.12. The van der Waals surface area contributed by atoms with Gasteiger partial charge in [0.1, 0.15) is 0 Å². The first kappa shape index (κ1) is 12.1. The number of nitrogens with two attached hydrogens (primary N) is 1. The summed E-state index contributed by atoms with van der Waals surface area (Å²) in [6.45, 7) is 0. The molecule has 0 radical (unpaired) electrons. The zero-order valence-electron chi connectivity index (χ0n) is 9.18. The number of halogens is 1. The van der Waals surface area contributed by atoms with E-state index in [-0.39, 0.29) is 22.2 Å². The van der Waals surface area contributed by atoms with Crippen molar-refractivity contribution in [3.05, 3.63) is 33.6 Å². The van der Waals surface area contributed by atoms with Crippen LogP contribution in [-0.2, 0) is 4.74 Å². The van der Waals surface area contributed by atoms with Gasteiger partial charge in [-0.1, -0.05) is 11.6 Å². The van der Waals surface area contributed by atoms with Crippen LogP contribution in [0.4, 0.5) is 5.69 Å². The number of hydrogen-bond donors (Lipinski definition) is 2. The van der Waals surface area contributed by atoms with Crippen LogP contribution in [0.15, 0.2) is 17.3 Å². The molecule has 3 N–H and O–H groups in total. The van der Waals surface area contributed by atoms with Gasteiger partial charge >= 0.3 is 5.97 Å². The summed E-state index contributed by atoms with van der Waals surface area (Å²) in [5.41, 5.74) is 5.11. The molecule has 2 heterocycles. The summed E-state index contributed by atoms with van der Waals surface area (Å²) in [5.74, 6) is -0.616. The number of methoxy groups -OCH3 is 1. The normalized spacial score (nSPS) is 10.3. The Labute approximate surface area is 105 Å². The van der Waals surface area contributed by atoms with E-state index in [0.29, 0.717) is 0 Å².